The van der Waals surface area contributed by atoms with Gasteiger partial charge in [0.05, 0.1) is 17.3 Å². The fourth-order valence-corrected chi connectivity index (χ4v) is 1.43. The van der Waals surface area contributed by atoms with Crippen LogP contribution >= 0.6 is 0 Å². The van der Waals surface area contributed by atoms with Crippen molar-refractivity contribution >= 4 is 11.6 Å². The van der Waals surface area contributed by atoms with Crippen LogP contribution in [0.4, 0.5) is 10.1 Å². The van der Waals surface area contributed by atoms with Crippen molar-refractivity contribution in [2.75, 3.05) is 5.73 Å². The van der Waals surface area contributed by atoms with Gasteiger partial charge in [0, 0.05) is 0 Å². The number of carbonyl (C=O) groups is 1. The SMILES string of the molecule is N#Cc1ccc(Oc2nc(C(N)=O)ccc2N)c(F)c1. The highest BCUT2D eigenvalue weighted by atomic mass is 19.1. The number of anilines is 1. The third kappa shape index (κ3) is 2.64. The van der Waals surface area contributed by atoms with E-state index in [1.807, 2.05) is 0 Å². The van der Waals surface area contributed by atoms with Crippen LogP contribution in [0.2, 0.25) is 0 Å². The molecule has 4 N–H and O–H groups in total. The molecule has 20 heavy (non-hydrogen) atoms. The van der Waals surface area contributed by atoms with Gasteiger partial charge in [-0.05, 0) is 30.3 Å². The lowest BCUT2D eigenvalue weighted by atomic mass is 10.2. The number of rotatable bonds is 3. The van der Waals surface area contributed by atoms with Gasteiger partial charge in [-0.15, -0.1) is 0 Å². The van der Waals surface area contributed by atoms with Crippen LogP contribution in [0.3, 0.4) is 0 Å². The minimum Gasteiger partial charge on any atom is -0.434 e. The number of hydrogen-bond acceptors (Lipinski definition) is 5. The van der Waals surface area contributed by atoms with Crippen molar-refractivity contribution in [3.8, 4) is 17.7 Å². The van der Waals surface area contributed by atoms with E-state index in [4.69, 9.17) is 21.5 Å². The second-order valence-electron chi connectivity index (χ2n) is 3.81. The Morgan fingerprint density at radius 2 is 2.10 bits per heavy atom. The molecule has 2 rings (SSSR count). The van der Waals surface area contributed by atoms with E-state index in [-0.39, 0.29) is 28.6 Å². The van der Waals surface area contributed by atoms with Gasteiger partial charge in [0.15, 0.2) is 11.6 Å². The van der Waals surface area contributed by atoms with E-state index in [9.17, 15) is 9.18 Å². The van der Waals surface area contributed by atoms with Crippen LogP contribution in [0, 0.1) is 17.1 Å². The van der Waals surface area contributed by atoms with Crippen molar-refractivity contribution in [2.24, 2.45) is 5.73 Å². The van der Waals surface area contributed by atoms with Crippen molar-refractivity contribution in [2.45, 2.75) is 0 Å². The molecule has 1 aromatic heterocycles. The van der Waals surface area contributed by atoms with Crippen molar-refractivity contribution < 1.29 is 13.9 Å². The van der Waals surface area contributed by atoms with Gasteiger partial charge >= 0.3 is 0 Å². The van der Waals surface area contributed by atoms with E-state index in [0.29, 0.717) is 0 Å². The van der Waals surface area contributed by atoms with E-state index < -0.39 is 11.7 Å². The fourth-order valence-electron chi connectivity index (χ4n) is 1.43. The fraction of sp³-hybridized carbons (Fsp3) is 0. The van der Waals surface area contributed by atoms with Crippen LogP contribution in [0.5, 0.6) is 11.6 Å². The van der Waals surface area contributed by atoms with Crippen LogP contribution in [-0.2, 0) is 0 Å². The Kier molecular flexibility index (Phi) is 3.48. The number of primary amides is 1. The summed E-state index contributed by atoms with van der Waals surface area (Å²) < 4.78 is 18.9. The Labute approximate surface area is 113 Å². The van der Waals surface area contributed by atoms with Crippen molar-refractivity contribution in [3.05, 3.63) is 47.4 Å². The van der Waals surface area contributed by atoms with Crippen molar-refractivity contribution in [3.63, 3.8) is 0 Å². The normalized spacial score (nSPS) is 9.80. The number of nitrogens with two attached hydrogens (primary N) is 2. The maximum Gasteiger partial charge on any atom is 0.267 e. The summed E-state index contributed by atoms with van der Waals surface area (Å²) in [5.74, 6) is -1.79. The standard InChI is InChI=1S/C13H9FN4O2/c14-8-5-7(6-15)1-4-11(8)20-13-9(16)2-3-10(18-13)12(17)19/h1-5H,16H2,(H2,17,19). The molecule has 100 valence electrons. The van der Waals surface area contributed by atoms with Gasteiger partial charge in [0.25, 0.3) is 5.91 Å². The summed E-state index contributed by atoms with van der Waals surface area (Å²) in [5.41, 5.74) is 10.9. The predicted molar refractivity (Wildman–Crippen MR) is 68.4 cm³/mol. The largest absolute Gasteiger partial charge is 0.434 e. The second-order valence-corrected chi connectivity index (χ2v) is 3.81. The molecule has 2 aromatic rings. The van der Waals surface area contributed by atoms with Gasteiger partial charge in [-0.3, -0.25) is 4.79 Å². The zero-order valence-electron chi connectivity index (χ0n) is 10.1. The van der Waals surface area contributed by atoms with E-state index in [0.717, 1.165) is 6.07 Å². The number of halogens is 1. The highest BCUT2D eigenvalue weighted by Gasteiger charge is 2.12. The lowest BCUT2D eigenvalue weighted by Crippen LogP contribution is -2.13. The summed E-state index contributed by atoms with van der Waals surface area (Å²) in [7, 11) is 0. The maximum atomic E-state index is 13.7. The molecule has 1 aromatic carbocycles. The van der Waals surface area contributed by atoms with Gasteiger partial charge in [-0.2, -0.15) is 5.26 Å². The molecule has 0 saturated heterocycles. The minimum absolute atomic E-state index is 0.0525. The summed E-state index contributed by atoms with van der Waals surface area (Å²) in [6.07, 6.45) is 0. The minimum atomic E-state index is -0.754. The number of benzene rings is 1. The molecule has 1 amide bonds. The zero-order chi connectivity index (χ0) is 14.7. The Bertz CT molecular complexity index is 725. The number of ether oxygens (including phenoxy) is 1. The van der Waals surface area contributed by atoms with Crippen LogP contribution < -0.4 is 16.2 Å². The van der Waals surface area contributed by atoms with Crippen molar-refractivity contribution in [1.29, 1.82) is 5.26 Å². The summed E-state index contributed by atoms with van der Waals surface area (Å²) in [6, 6.07) is 8.18. The quantitative estimate of drug-likeness (QED) is 0.879. The summed E-state index contributed by atoms with van der Waals surface area (Å²) in [4.78, 5) is 14.8. The third-order valence-electron chi connectivity index (χ3n) is 2.41. The molecule has 7 heteroatoms. The lowest BCUT2D eigenvalue weighted by Gasteiger charge is -2.09. The molecule has 0 aliphatic carbocycles. The van der Waals surface area contributed by atoms with Gasteiger partial charge < -0.3 is 16.2 Å². The Morgan fingerprint density at radius 1 is 1.35 bits per heavy atom. The Morgan fingerprint density at radius 3 is 2.70 bits per heavy atom. The van der Waals surface area contributed by atoms with Gasteiger partial charge in [-0.25, -0.2) is 9.37 Å². The van der Waals surface area contributed by atoms with Gasteiger partial charge in [0.1, 0.15) is 5.69 Å². The van der Waals surface area contributed by atoms with Gasteiger partial charge in [-0.1, -0.05) is 0 Å². The Hall–Kier alpha value is -3.14. The second kappa shape index (κ2) is 5.24. The molecule has 0 aliphatic heterocycles. The van der Waals surface area contributed by atoms with Crippen LogP contribution in [0.25, 0.3) is 0 Å². The molecule has 0 spiro atoms. The lowest BCUT2D eigenvalue weighted by molar-refractivity contribution is 0.0995. The van der Waals surface area contributed by atoms with E-state index in [1.54, 1.807) is 6.07 Å². The first kappa shape index (κ1) is 13.3. The van der Waals surface area contributed by atoms with Crippen LogP contribution in [0.1, 0.15) is 16.1 Å². The summed E-state index contributed by atoms with van der Waals surface area (Å²) in [5, 5.41) is 8.64. The van der Waals surface area contributed by atoms with Crippen molar-refractivity contribution in [1.82, 2.24) is 4.98 Å². The van der Waals surface area contributed by atoms with Crippen LogP contribution in [0.15, 0.2) is 30.3 Å². The molecule has 0 atom stereocenters. The monoisotopic (exact) mass is 272 g/mol. The first-order valence-corrected chi connectivity index (χ1v) is 5.45. The molecule has 1 heterocycles. The molecule has 0 saturated carbocycles. The summed E-state index contributed by atoms with van der Waals surface area (Å²) in [6.45, 7) is 0. The number of amides is 1. The number of nitriles is 1. The average Bonchev–Trinajstić information content (AvgIpc) is 2.42. The number of nitrogen functional groups attached to an aromatic ring is 1. The number of pyridine rings is 1. The van der Waals surface area contributed by atoms with Gasteiger partial charge in [0.2, 0.25) is 5.88 Å². The highest BCUT2D eigenvalue weighted by Crippen LogP contribution is 2.28. The predicted octanol–water partition coefficient (Wildman–Crippen LogP) is 1.57. The number of aromatic nitrogens is 1. The molecule has 0 fully saturated rings. The third-order valence-corrected chi connectivity index (χ3v) is 2.41. The van der Waals surface area contributed by atoms with E-state index in [2.05, 4.69) is 4.98 Å². The maximum absolute atomic E-state index is 13.7. The van der Waals surface area contributed by atoms with E-state index in [1.165, 1.54) is 24.3 Å². The van der Waals surface area contributed by atoms with E-state index >= 15 is 0 Å². The molecule has 0 bridgehead atoms. The zero-order valence-corrected chi connectivity index (χ0v) is 10.1. The summed E-state index contributed by atoms with van der Waals surface area (Å²) >= 11 is 0. The first-order chi connectivity index (χ1) is 9.51. The highest BCUT2D eigenvalue weighted by molar-refractivity contribution is 5.91. The molecular formula is C13H9FN4O2. The molecule has 6 nitrogen and oxygen atoms in total. The molecular weight excluding hydrogens is 263 g/mol. The average molecular weight is 272 g/mol. The first-order valence-electron chi connectivity index (χ1n) is 5.45. The molecule has 0 radical (unpaired) electrons. The number of hydrogen-bond donors (Lipinski definition) is 2. The topological polar surface area (TPSA) is 115 Å². The smallest absolute Gasteiger partial charge is 0.267 e. The molecule has 0 unspecified atom stereocenters. The number of carbonyl (C=O) groups excluding carboxylic acids is 1. The van der Waals surface area contributed by atoms with Crippen LogP contribution in [-0.4, -0.2) is 10.9 Å². The molecule has 0 aliphatic rings. The Balaban J connectivity index is 2.37. The number of nitrogens with zero attached hydrogens (tertiary/aromatic N) is 2.